The molecular weight excluding hydrogens is 344 g/mol. The maximum Gasteiger partial charge on any atom is 0.193 e. The normalized spacial score (nSPS) is 11.4. The quantitative estimate of drug-likeness (QED) is 0.378. The Morgan fingerprint density at radius 3 is 1.07 bits per heavy atom. The second-order valence-corrected chi connectivity index (χ2v) is 11.6. The molecule has 2 heteroatoms. The average Bonchev–Trinajstić information content (AvgIpc) is 2.76. The number of hydrogen-bond acceptors (Lipinski definition) is 1. The van der Waals surface area contributed by atoms with Gasteiger partial charge in [-0.05, 0) is 54.1 Å². The van der Waals surface area contributed by atoms with Crippen LogP contribution >= 0.6 is 0 Å². The molecule has 27 heavy (non-hydrogen) atoms. The van der Waals surface area contributed by atoms with E-state index in [2.05, 4.69) is 91.0 Å². The third kappa shape index (κ3) is 6.19. The Labute approximate surface area is 165 Å². The SMILES string of the molecule is CO[Si](CCc1ccccc1)(CCc1ccccc1)CCc1ccccc1. The molecule has 0 spiro atoms. The fourth-order valence-corrected chi connectivity index (χ4v) is 7.33. The van der Waals surface area contributed by atoms with Crippen molar-refractivity contribution in [2.45, 2.75) is 37.4 Å². The van der Waals surface area contributed by atoms with Gasteiger partial charge in [0.1, 0.15) is 0 Å². The van der Waals surface area contributed by atoms with Crippen molar-refractivity contribution in [3.8, 4) is 0 Å². The highest BCUT2D eigenvalue weighted by Crippen LogP contribution is 2.28. The van der Waals surface area contributed by atoms with Gasteiger partial charge in [-0.3, -0.25) is 0 Å². The van der Waals surface area contributed by atoms with Gasteiger partial charge in [0.25, 0.3) is 0 Å². The van der Waals surface area contributed by atoms with Gasteiger partial charge in [0.15, 0.2) is 8.32 Å². The molecule has 0 aliphatic carbocycles. The van der Waals surface area contributed by atoms with E-state index >= 15 is 0 Å². The van der Waals surface area contributed by atoms with Gasteiger partial charge in [0, 0.05) is 7.11 Å². The van der Waals surface area contributed by atoms with E-state index in [1.54, 1.807) is 0 Å². The van der Waals surface area contributed by atoms with Crippen LogP contribution in [0.4, 0.5) is 0 Å². The minimum Gasteiger partial charge on any atom is -0.420 e. The van der Waals surface area contributed by atoms with Crippen LogP contribution in [0.1, 0.15) is 16.7 Å². The Kier molecular flexibility index (Phi) is 7.43. The average molecular weight is 375 g/mol. The van der Waals surface area contributed by atoms with Crippen molar-refractivity contribution in [3.05, 3.63) is 108 Å². The molecule has 0 aliphatic heterocycles. The molecule has 0 fully saturated rings. The van der Waals surface area contributed by atoms with Crippen LogP contribution < -0.4 is 0 Å². The van der Waals surface area contributed by atoms with E-state index in [1.807, 2.05) is 7.11 Å². The third-order valence-electron chi connectivity index (χ3n) is 5.57. The second kappa shape index (κ2) is 10.2. The molecule has 0 saturated heterocycles. The summed E-state index contributed by atoms with van der Waals surface area (Å²) in [6, 6.07) is 36.1. The molecule has 0 heterocycles. The smallest absolute Gasteiger partial charge is 0.193 e. The van der Waals surface area contributed by atoms with Crippen molar-refractivity contribution in [1.82, 2.24) is 0 Å². The van der Waals surface area contributed by atoms with Gasteiger partial charge >= 0.3 is 0 Å². The first kappa shape index (κ1) is 19.6. The number of benzene rings is 3. The van der Waals surface area contributed by atoms with E-state index in [-0.39, 0.29) is 0 Å². The fourth-order valence-electron chi connectivity index (χ4n) is 3.73. The Morgan fingerprint density at radius 1 is 0.519 bits per heavy atom. The molecule has 0 radical (unpaired) electrons. The van der Waals surface area contributed by atoms with E-state index in [0.29, 0.717) is 0 Å². The van der Waals surface area contributed by atoms with Crippen LogP contribution in [0.25, 0.3) is 0 Å². The van der Waals surface area contributed by atoms with Crippen LogP contribution in [0, 0.1) is 0 Å². The largest absolute Gasteiger partial charge is 0.420 e. The standard InChI is InChI=1S/C25H30OSi/c1-26-27(20-17-23-11-5-2-6-12-23,21-18-24-13-7-3-8-14-24)22-19-25-15-9-4-10-16-25/h2-16H,17-22H2,1H3. The molecule has 3 aromatic rings. The van der Waals surface area contributed by atoms with Crippen molar-refractivity contribution in [1.29, 1.82) is 0 Å². The van der Waals surface area contributed by atoms with Gasteiger partial charge in [-0.25, -0.2) is 0 Å². The Hall–Kier alpha value is -2.16. The lowest BCUT2D eigenvalue weighted by atomic mass is 10.2. The van der Waals surface area contributed by atoms with Gasteiger partial charge in [0.05, 0.1) is 0 Å². The van der Waals surface area contributed by atoms with Gasteiger partial charge in [-0.15, -0.1) is 0 Å². The lowest BCUT2D eigenvalue weighted by Crippen LogP contribution is -2.38. The summed E-state index contributed by atoms with van der Waals surface area (Å²) in [6.45, 7) is 0. The Balaban J connectivity index is 1.70. The summed E-state index contributed by atoms with van der Waals surface area (Å²) in [5.74, 6) is 0. The van der Waals surface area contributed by atoms with Crippen LogP contribution in [0.5, 0.6) is 0 Å². The van der Waals surface area contributed by atoms with Crippen LogP contribution in [-0.2, 0) is 23.7 Å². The van der Waals surface area contributed by atoms with Gasteiger partial charge in [0.2, 0.25) is 0 Å². The summed E-state index contributed by atoms with van der Waals surface area (Å²) in [7, 11) is 0.134. The minimum absolute atomic E-state index is 1.12. The van der Waals surface area contributed by atoms with Crippen molar-refractivity contribution < 1.29 is 4.43 Å². The third-order valence-corrected chi connectivity index (χ3v) is 9.92. The van der Waals surface area contributed by atoms with E-state index in [9.17, 15) is 0 Å². The molecule has 0 N–H and O–H groups in total. The molecule has 0 aromatic heterocycles. The predicted octanol–water partition coefficient (Wildman–Crippen LogP) is 6.31. The maximum absolute atomic E-state index is 6.34. The van der Waals surface area contributed by atoms with E-state index in [1.165, 1.54) is 34.8 Å². The molecule has 140 valence electrons. The summed E-state index contributed by atoms with van der Waals surface area (Å²) in [6.07, 6.45) is 3.35. The lowest BCUT2D eigenvalue weighted by molar-refractivity contribution is 0.387. The summed E-state index contributed by atoms with van der Waals surface area (Å²) in [4.78, 5) is 0. The number of aryl methyl sites for hydroxylation is 3. The van der Waals surface area contributed by atoms with Crippen molar-refractivity contribution >= 4 is 8.32 Å². The topological polar surface area (TPSA) is 9.23 Å². The Morgan fingerprint density at radius 2 is 0.815 bits per heavy atom. The molecule has 1 nitrogen and oxygen atoms in total. The van der Waals surface area contributed by atoms with Gasteiger partial charge < -0.3 is 4.43 Å². The minimum atomic E-state index is -1.82. The van der Waals surface area contributed by atoms with Gasteiger partial charge in [-0.1, -0.05) is 91.0 Å². The number of rotatable bonds is 10. The molecule has 0 amide bonds. The first-order valence-electron chi connectivity index (χ1n) is 9.97. The molecule has 0 atom stereocenters. The molecular formula is C25H30OSi. The summed E-state index contributed by atoms with van der Waals surface area (Å²) < 4.78 is 6.34. The zero-order valence-corrected chi connectivity index (χ0v) is 17.3. The summed E-state index contributed by atoms with van der Waals surface area (Å²) >= 11 is 0. The highest BCUT2D eigenvalue weighted by atomic mass is 28.4. The lowest BCUT2D eigenvalue weighted by Gasteiger charge is -2.30. The highest BCUT2D eigenvalue weighted by Gasteiger charge is 2.32. The van der Waals surface area contributed by atoms with Crippen LogP contribution in [-0.4, -0.2) is 15.4 Å². The molecule has 0 unspecified atom stereocenters. The van der Waals surface area contributed by atoms with E-state index < -0.39 is 8.32 Å². The van der Waals surface area contributed by atoms with E-state index in [0.717, 1.165) is 19.3 Å². The highest BCUT2D eigenvalue weighted by molar-refractivity contribution is 6.73. The first-order chi connectivity index (χ1) is 13.3. The molecule has 0 bridgehead atoms. The van der Waals surface area contributed by atoms with Crippen molar-refractivity contribution in [3.63, 3.8) is 0 Å². The first-order valence-corrected chi connectivity index (χ1v) is 12.5. The monoisotopic (exact) mass is 374 g/mol. The molecule has 0 saturated carbocycles. The molecule has 3 aromatic carbocycles. The Bertz CT molecular complexity index is 665. The zero-order chi connectivity index (χ0) is 18.8. The fraction of sp³-hybridized carbons (Fsp3) is 0.280. The predicted molar refractivity (Wildman–Crippen MR) is 118 cm³/mol. The van der Waals surface area contributed by atoms with Crippen LogP contribution in [0.3, 0.4) is 0 Å². The second-order valence-electron chi connectivity index (χ2n) is 7.34. The van der Waals surface area contributed by atoms with Crippen LogP contribution in [0.15, 0.2) is 91.0 Å². The summed E-state index contributed by atoms with van der Waals surface area (Å²) in [5, 5.41) is 0. The zero-order valence-electron chi connectivity index (χ0n) is 16.3. The molecule has 3 rings (SSSR count). The van der Waals surface area contributed by atoms with Crippen molar-refractivity contribution in [2.75, 3.05) is 7.11 Å². The van der Waals surface area contributed by atoms with Crippen LogP contribution in [0.2, 0.25) is 18.1 Å². The number of hydrogen-bond donors (Lipinski definition) is 0. The maximum atomic E-state index is 6.34. The van der Waals surface area contributed by atoms with E-state index in [4.69, 9.17) is 4.43 Å². The summed E-state index contributed by atoms with van der Waals surface area (Å²) in [5.41, 5.74) is 4.27. The van der Waals surface area contributed by atoms with Gasteiger partial charge in [-0.2, -0.15) is 0 Å². The van der Waals surface area contributed by atoms with Crippen molar-refractivity contribution in [2.24, 2.45) is 0 Å². The molecule has 0 aliphatic rings.